The lowest BCUT2D eigenvalue weighted by Crippen LogP contribution is -1.91. The Morgan fingerprint density at radius 3 is 2.62 bits per heavy atom. The van der Waals surface area contributed by atoms with Crippen molar-refractivity contribution in [2.45, 2.75) is 33.6 Å². The van der Waals surface area contributed by atoms with Gasteiger partial charge in [0.05, 0.1) is 0 Å². The van der Waals surface area contributed by atoms with E-state index in [1.165, 1.54) is 23.1 Å². The van der Waals surface area contributed by atoms with Crippen LogP contribution in [0.1, 0.15) is 33.6 Å². The van der Waals surface area contributed by atoms with E-state index in [9.17, 15) is 0 Å². The predicted molar refractivity (Wildman–Crippen MR) is 59.8 cm³/mol. The first-order chi connectivity index (χ1) is 6.02. The quantitative estimate of drug-likeness (QED) is 0.613. The third-order valence-electron chi connectivity index (χ3n) is 2.58. The standard InChI is InChI=1S/C12H17Cl/c1-8(2)11-6-5-9(3)12(11)7-10(4)13/h7,9H,1,5-6H2,2-4H3/b10-7+/t9-/m1/s1. The summed E-state index contributed by atoms with van der Waals surface area (Å²) in [5.41, 5.74) is 3.99. The molecule has 1 aliphatic carbocycles. The van der Waals surface area contributed by atoms with Crippen LogP contribution in [-0.2, 0) is 0 Å². The molecule has 0 aromatic rings. The zero-order valence-electron chi connectivity index (χ0n) is 8.65. The van der Waals surface area contributed by atoms with Gasteiger partial charge in [-0.3, -0.25) is 0 Å². The maximum Gasteiger partial charge on any atom is 0.0152 e. The summed E-state index contributed by atoms with van der Waals surface area (Å²) in [6.07, 6.45) is 4.48. The Balaban J connectivity index is 3.04. The summed E-state index contributed by atoms with van der Waals surface area (Å²) < 4.78 is 0. The third kappa shape index (κ3) is 2.47. The summed E-state index contributed by atoms with van der Waals surface area (Å²) in [6.45, 7) is 10.3. The zero-order valence-corrected chi connectivity index (χ0v) is 9.41. The summed E-state index contributed by atoms with van der Waals surface area (Å²) >= 11 is 5.89. The normalized spacial score (nSPS) is 24.0. The van der Waals surface area contributed by atoms with Gasteiger partial charge in [0.15, 0.2) is 0 Å². The van der Waals surface area contributed by atoms with Gasteiger partial charge in [-0.15, -0.1) is 0 Å². The average Bonchev–Trinajstić information content (AvgIpc) is 2.32. The molecule has 1 aliphatic rings. The molecule has 0 nitrogen and oxygen atoms in total. The number of rotatable bonds is 2. The van der Waals surface area contributed by atoms with Crippen molar-refractivity contribution in [1.29, 1.82) is 0 Å². The zero-order chi connectivity index (χ0) is 10.0. The summed E-state index contributed by atoms with van der Waals surface area (Å²) in [6, 6.07) is 0. The van der Waals surface area contributed by atoms with Gasteiger partial charge in [0.25, 0.3) is 0 Å². The van der Waals surface area contributed by atoms with Gasteiger partial charge in [-0.05, 0) is 49.8 Å². The molecular formula is C12H17Cl. The van der Waals surface area contributed by atoms with Crippen LogP contribution >= 0.6 is 11.6 Å². The number of allylic oxidation sites excluding steroid dienone is 5. The fraction of sp³-hybridized carbons (Fsp3) is 0.500. The van der Waals surface area contributed by atoms with Crippen LogP contribution in [0.15, 0.2) is 34.4 Å². The van der Waals surface area contributed by atoms with Crippen molar-refractivity contribution >= 4 is 11.6 Å². The molecule has 0 saturated carbocycles. The minimum Gasteiger partial charge on any atom is -0.0958 e. The van der Waals surface area contributed by atoms with Crippen molar-refractivity contribution in [2.75, 3.05) is 0 Å². The monoisotopic (exact) mass is 196 g/mol. The second kappa shape index (κ2) is 4.15. The lowest BCUT2D eigenvalue weighted by atomic mass is 10.0. The highest BCUT2D eigenvalue weighted by atomic mass is 35.5. The molecule has 0 aromatic heterocycles. The molecule has 0 fully saturated rings. The fourth-order valence-electron chi connectivity index (χ4n) is 1.86. The molecule has 0 N–H and O–H groups in total. The Morgan fingerprint density at radius 1 is 1.54 bits per heavy atom. The smallest absolute Gasteiger partial charge is 0.0152 e. The molecule has 0 spiro atoms. The van der Waals surface area contributed by atoms with Gasteiger partial charge in [-0.25, -0.2) is 0 Å². The molecule has 0 bridgehead atoms. The van der Waals surface area contributed by atoms with Crippen LogP contribution in [0.5, 0.6) is 0 Å². The maximum absolute atomic E-state index is 5.89. The molecule has 0 saturated heterocycles. The maximum atomic E-state index is 5.89. The van der Waals surface area contributed by atoms with Crippen molar-refractivity contribution in [3.05, 3.63) is 34.4 Å². The van der Waals surface area contributed by atoms with Gasteiger partial charge < -0.3 is 0 Å². The second-order valence-corrected chi connectivity index (χ2v) is 4.48. The molecule has 1 rings (SSSR count). The lowest BCUT2D eigenvalue weighted by Gasteiger charge is -2.06. The minimum atomic E-state index is 0.639. The van der Waals surface area contributed by atoms with Gasteiger partial charge in [0.2, 0.25) is 0 Å². The van der Waals surface area contributed by atoms with E-state index < -0.39 is 0 Å². The lowest BCUT2D eigenvalue weighted by molar-refractivity contribution is 0.679. The van der Waals surface area contributed by atoms with Gasteiger partial charge in [-0.1, -0.05) is 30.7 Å². The molecule has 1 atom stereocenters. The summed E-state index contributed by atoms with van der Waals surface area (Å²) in [4.78, 5) is 0. The molecule has 13 heavy (non-hydrogen) atoms. The topological polar surface area (TPSA) is 0 Å². The van der Waals surface area contributed by atoms with Crippen LogP contribution in [0, 0.1) is 5.92 Å². The highest BCUT2D eigenvalue weighted by Gasteiger charge is 2.20. The van der Waals surface area contributed by atoms with Crippen molar-refractivity contribution < 1.29 is 0 Å². The molecule has 0 radical (unpaired) electrons. The highest BCUT2D eigenvalue weighted by Crippen LogP contribution is 2.36. The van der Waals surface area contributed by atoms with E-state index in [0.29, 0.717) is 5.92 Å². The van der Waals surface area contributed by atoms with E-state index in [-0.39, 0.29) is 0 Å². The first-order valence-corrected chi connectivity index (χ1v) is 5.13. The van der Waals surface area contributed by atoms with E-state index in [1.807, 2.05) is 6.92 Å². The van der Waals surface area contributed by atoms with Crippen molar-refractivity contribution in [3.8, 4) is 0 Å². The third-order valence-corrected chi connectivity index (χ3v) is 2.69. The molecule has 0 aromatic carbocycles. The summed E-state index contributed by atoms with van der Waals surface area (Å²) in [5, 5.41) is 0.863. The van der Waals surface area contributed by atoms with Crippen LogP contribution < -0.4 is 0 Å². The van der Waals surface area contributed by atoms with Gasteiger partial charge in [0.1, 0.15) is 0 Å². The van der Waals surface area contributed by atoms with Crippen LogP contribution in [-0.4, -0.2) is 0 Å². The first kappa shape index (κ1) is 10.6. The minimum absolute atomic E-state index is 0.639. The van der Waals surface area contributed by atoms with E-state index >= 15 is 0 Å². The second-order valence-electron chi connectivity index (χ2n) is 3.89. The molecule has 0 unspecified atom stereocenters. The van der Waals surface area contributed by atoms with E-state index in [4.69, 9.17) is 11.6 Å². The van der Waals surface area contributed by atoms with Crippen molar-refractivity contribution in [3.63, 3.8) is 0 Å². The van der Waals surface area contributed by atoms with Crippen LogP contribution in [0.4, 0.5) is 0 Å². The predicted octanol–water partition coefficient (Wildman–Crippen LogP) is 4.43. The van der Waals surface area contributed by atoms with E-state index in [2.05, 4.69) is 26.5 Å². The first-order valence-electron chi connectivity index (χ1n) is 4.75. The van der Waals surface area contributed by atoms with Crippen molar-refractivity contribution in [1.82, 2.24) is 0 Å². The Morgan fingerprint density at radius 2 is 2.15 bits per heavy atom. The SMILES string of the molecule is C=C(C)C1=C(/C=C(\C)Cl)[C@H](C)CC1. The summed E-state index contributed by atoms with van der Waals surface area (Å²) in [7, 11) is 0. The number of hydrogen-bond donors (Lipinski definition) is 0. The highest BCUT2D eigenvalue weighted by molar-refractivity contribution is 6.29. The fourth-order valence-corrected chi connectivity index (χ4v) is 1.98. The Labute approximate surface area is 86.0 Å². The molecule has 72 valence electrons. The average molecular weight is 197 g/mol. The van der Waals surface area contributed by atoms with Crippen LogP contribution in [0.2, 0.25) is 0 Å². The molecule has 0 heterocycles. The number of halogens is 1. The summed E-state index contributed by atoms with van der Waals surface area (Å²) in [5.74, 6) is 0.639. The number of hydrogen-bond acceptors (Lipinski definition) is 0. The Bertz CT molecular complexity index is 277. The Kier molecular flexibility index (Phi) is 3.38. The van der Waals surface area contributed by atoms with E-state index in [1.54, 1.807) is 0 Å². The van der Waals surface area contributed by atoms with Gasteiger partial charge in [-0.2, -0.15) is 0 Å². The van der Waals surface area contributed by atoms with Crippen LogP contribution in [0.25, 0.3) is 0 Å². The molecule has 0 amide bonds. The van der Waals surface area contributed by atoms with Gasteiger partial charge in [0, 0.05) is 5.03 Å². The molecule has 1 heteroatoms. The van der Waals surface area contributed by atoms with Crippen LogP contribution in [0.3, 0.4) is 0 Å². The van der Waals surface area contributed by atoms with Crippen molar-refractivity contribution in [2.24, 2.45) is 5.92 Å². The molecular weight excluding hydrogens is 180 g/mol. The Hall–Kier alpha value is -0.490. The van der Waals surface area contributed by atoms with E-state index in [0.717, 1.165) is 11.5 Å². The molecule has 0 aliphatic heterocycles. The van der Waals surface area contributed by atoms with Gasteiger partial charge >= 0.3 is 0 Å². The largest absolute Gasteiger partial charge is 0.0958 e.